The second-order valence-electron chi connectivity index (χ2n) is 6.43. The molecule has 0 radical (unpaired) electrons. The average Bonchev–Trinajstić information content (AvgIpc) is 2.73. The summed E-state index contributed by atoms with van der Waals surface area (Å²) in [4.78, 5) is 38.2. The molecule has 0 spiro atoms. The number of benzene rings is 1. The Morgan fingerprint density at radius 1 is 0.931 bits per heavy atom. The van der Waals surface area contributed by atoms with Gasteiger partial charge in [0.15, 0.2) is 0 Å². The summed E-state index contributed by atoms with van der Waals surface area (Å²) < 4.78 is 15.5. The molecule has 0 bridgehead atoms. The van der Waals surface area contributed by atoms with Gasteiger partial charge in [-0.25, -0.2) is 14.4 Å². The number of nitrogens with zero attached hydrogens (tertiary/aromatic N) is 1. The molecule has 0 aliphatic carbocycles. The predicted octanol–water partition coefficient (Wildman–Crippen LogP) is 3.66. The molecule has 1 atom stereocenters. The van der Waals surface area contributed by atoms with Crippen LogP contribution in [-0.2, 0) is 25.6 Å². The number of carbonyl (C=O) groups is 3. The zero-order valence-corrected chi connectivity index (χ0v) is 17.2. The molecule has 0 aliphatic rings. The van der Waals surface area contributed by atoms with E-state index in [-0.39, 0.29) is 26.2 Å². The van der Waals surface area contributed by atoms with Gasteiger partial charge in [0.1, 0.15) is 12.6 Å². The van der Waals surface area contributed by atoms with Gasteiger partial charge < -0.3 is 19.3 Å². The molecule has 0 saturated heterocycles. The third-order valence-electron chi connectivity index (χ3n) is 4.05. The molecule has 0 fully saturated rings. The van der Waals surface area contributed by atoms with Gasteiger partial charge >= 0.3 is 18.2 Å². The van der Waals surface area contributed by atoms with Crippen LogP contribution >= 0.6 is 0 Å². The lowest BCUT2D eigenvalue weighted by Gasteiger charge is -2.27. The van der Waals surface area contributed by atoms with Gasteiger partial charge in [-0.3, -0.25) is 0 Å². The minimum absolute atomic E-state index is 0.0226. The molecule has 0 saturated carbocycles. The smallest absolute Gasteiger partial charge is 0.420 e. The van der Waals surface area contributed by atoms with Gasteiger partial charge in [0.25, 0.3) is 0 Å². The van der Waals surface area contributed by atoms with E-state index in [1.54, 1.807) is 24.3 Å². The zero-order chi connectivity index (χ0) is 21.5. The van der Waals surface area contributed by atoms with E-state index in [1.165, 1.54) is 0 Å². The highest BCUT2D eigenvalue weighted by atomic mass is 16.6. The van der Waals surface area contributed by atoms with E-state index in [0.29, 0.717) is 17.7 Å². The Hall–Kier alpha value is -2.61. The standard InChI is InChI=1S/C21H31NO7/c1-3-5-14-27-20(25)22(21(26)28-15-6-4-2)18(12-13-23)19(24)29-16-17-10-8-7-9-11-17/h7-11,18,23H,3-6,12-16H2,1-2H3/t18-/m0/s1. The van der Waals surface area contributed by atoms with E-state index in [4.69, 9.17) is 14.2 Å². The first-order chi connectivity index (χ1) is 14.0. The Morgan fingerprint density at radius 3 is 1.97 bits per heavy atom. The maximum atomic E-state index is 12.6. The van der Waals surface area contributed by atoms with Crippen molar-refractivity contribution >= 4 is 18.2 Å². The van der Waals surface area contributed by atoms with Gasteiger partial charge in [0.05, 0.1) is 13.2 Å². The molecule has 0 unspecified atom stereocenters. The van der Waals surface area contributed by atoms with Crippen molar-refractivity contribution in [1.82, 2.24) is 4.90 Å². The van der Waals surface area contributed by atoms with E-state index in [1.807, 2.05) is 19.9 Å². The van der Waals surface area contributed by atoms with Gasteiger partial charge in [-0.05, 0) is 18.4 Å². The van der Waals surface area contributed by atoms with Crippen LogP contribution in [0.4, 0.5) is 9.59 Å². The van der Waals surface area contributed by atoms with Crippen LogP contribution in [0.5, 0.6) is 0 Å². The number of aliphatic hydroxyl groups is 1. The maximum absolute atomic E-state index is 12.6. The Labute approximate surface area is 171 Å². The molecular formula is C21H31NO7. The normalized spacial score (nSPS) is 11.4. The number of ether oxygens (including phenoxy) is 3. The molecule has 0 aromatic heterocycles. The number of unbranched alkanes of at least 4 members (excludes halogenated alkanes) is 2. The van der Waals surface area contributed by atoms with Crippen LogP contribution in [-0.4, -0.2) is 54.0 Å². The number of aliphatic hydroxyl groups excluding tert-OH is 1. The quantitative estimate of drug-likeness (QED) is 0.319. The Bertz CT molecular complexity index is 599. The summed E-state index contributed by atoms with van der Waals surface area (Å²) in [5.41, 5.74) is 0.756. The van der Waals surface area contributed by atoms with E-state index < -0.39 is 30.8 Å². The molecule has 1 rings (SSSR count). The zero-order valence-electron chi connectivity index (χ0n) is 17.2. The van der Waals surface area contributed by atoms with Crippen LogP contribution in [0.15, 0.2) is 30.3 Å². The highest BCUT2D eigenvalue weighted by molar-refractivity contribution is 5.93. The van der Waals surface area contributed by atoms with Crippen molar-refractivity contribution in [1.29, 1.82) is 0 Å². The summed E-state index contributed by atoms with van der Waals surface area (Å²) in [5, 5.41) is 9.37. The van der Waals surface area contributed by atoms with Crippen molar-refractivity contribution in [3.63, 3.8) is 0 Å². The van der Waals surface area contributed by atoms with E-state index in [9.17, 15) is 19.5 Å². The highest BCUT2D eigenvalue weighted by Crippen LogP contribution is 2.14. The van der Waals surface area contributed by atoms with E-state index in [0.717, 1.165) is 18.4 Å². The molecule has 1 N–H and O–H groups in total. The van der Waals surface area contributed by atoms with Crippen LogP contribution in [0.1, 0.15) is 51.5 Å². The lowest BCUT2D eigenvalue weighted by atomic mass is 10.2. The second kappa shape index (κ2) is 14.4. The molecule has 2 amide bonds. The fourth-order valence-corrected chi connectivity index (χ4v) is 2.38. The van der Waals surface area contributed by atoms with Crippen molar-refractivity contribution in [2.24, 2.45) is 0 Å². The van der Waals surface area contributed by atoms with Crippen LogP contribution in [0.3, 0.4) is 0 Å². The summed E-state index contributed by atoms with van der Waals surface area (Å²) in [6.07, 6.45) is 0.673. The third kappa shape index (κ3) is 8.95. The highest BCUT2D eigenvalue weighted by Gasteiger charge is 2.38. The molecule has 162 valence electrons. The van der Waals surface area contributed by atoms with Crippen LogP contribution in [0.25, 0.3) is 0 Å². The summed E-state index contributed by atoms with van der Waals surface area (Å²) in [7, 11) is 0. The van der Waals surface area contributed by atoms with Crippen LogP contribution in [0, 0.1) is 0 Å². The topological polar surface area (TPSA) is 102 Å². The fourth-order valence-electron chi connectivity index (χ4n) is 2.38. The van der Waals surface area contributed by atoms with Gasteiger partial charge in [0.2, 0.25) is 0 Å². The minimum atomic E-state index is -1.34. The van der Waals surface area contributed by atoms with Crippen molar-refractivity contribution < 1.29 is 33.7 Å². The first kappa shape index (κ1) is 24.4. The molecule has 0 aliphatic heterocycles. The first-order valence-electron chi connectivity index (χ1n) is 9.99. The SMILES string of the molecule is CCCCOC(=O)N(C(=O)OCCCC)[C@@H](CCO)C(=O)OCc1ccccc1. The summed E-state index contributed by atoms with van der Waals surface area (Å²) in [6, 6.07) is 7.66. The third-order valence-corrected chi connectivity index (χ3v) is 4.05. The molecule has 8 nitrogen and oxygen atoms in total. The van der Waals surface area contributed by atoms with Gasteiger partial charge in [0, 0.05) is 13.0 Å². The number of esters is 1. The number of rotatable bonds is 12. The van der Waals surface area contributed by atoms with E-state index >= 15 is 0 Å². The number of hydrogen-bond acceptors (Lipinski definition) is 7. The lowest BCUT2D eigenvalue weighted by Crippen LogP contribution is -2.50. The van der Waals surface area contributed by atoms with Gasteiger partial charge in [-0.15, -0.1) is 0 Å². The molecule has 0 heterocycles. The number of carbonyl (C=O) groups excluding carboxylic acids is 3. The van der Waals surface area contributed by atoms with E-state index in [2.05, 4.69) is 0 Å². The van der Waals surface area contributed by atoms with Crippen molar-refractivity contribution in [2.75, 3.05) is 19.8 Å². The second-order valence-corrected chi connectivity index (χ2v) is 6.43. The predicted molar refractivity (Wildman–Crippen MR) is 106 cm³/mol. The molecule has 1 aromatic carbocycles. The monoisotopic (exact) mass is 409 g/mol. The number of amides is 2. The summed E-state index contributed by atoms with van der Waals surface area (Å²) in [6.45, 7) is 3.63. The number of hydrogen-bond donors (Lipinski definition) is 1. The largest absolute Gasteiger partial charge is 0.459 e. The first-order valence-corrected chi connectivity index (χ1v) is 9.99. The number of imide groups is 1. The van der Waals surface area contributed by atoms with Crippen LogP contribution in [0.2, 0.25) is 0 Å². The van der Waals surface area contributed by atoms with Gasteiger partial charge in [-0.1, -0.05) is 57.0 Å². The Balaban J connectivity index is 2.91. The van der Waals surface area contributed by atoms with Crippen molar-refractivity contribution in [2.45, 2.75) is 58.6 Å². The molecule has 8 heteroatoms. The minimum Gasteiger partial charge on any atom is -0.459 e. The Morgan fingerprint density at radius 2 is 1.48 bits per heavy atom. The summed E-state index contributed by atoms with van der Waals surface area (Å²) >= 11 is 0. The van der Waals surface area contributed by atoms with Gasteiger partial charge in [-0.2, -0.15) is 4.90 Å². The Kier molecular flexibility index (Phi) is 12.1. The van der Waals surface area contributed by atoms with Crippen LogP contribution < -0.4 is 0 Å². The maximum Gasteiger partial charge on any atom is 0.420 e. The fraction of sp³-hybridized carbons (Fsp3) is 0.571. The van der Waals surface area contributed by atoms with Crippen molar-refractivity contribution in [3.8, 4) is 0 Å². The summed E-state index contributed by atoms with van der Waals surface area (Å²) in [5.74, 6) is -0.817. The average molecular weight is 409 g/mol. The van der Waals surface area contributed by atoms with Crippen molar-refractivity contribution in [3.05, 3.63) is 35.9 Å². The molecule has 29 heavy (non-hydrogen) atoms. The lowest BCUT2D eigenvalue weighted by molar-refractivity contribution is -0.151. The molecule has 1 aromatic rings. The molecular weight excluding hydrogens is 378 g/mol.